The maximum Gasteiger partial charge on any atom is 0.137 e. The van der Waals surface area contributed by atoms with Crippen molar-refractivity contribution in [2.24, 2.45) is 0 Å². The predicted molar refractivity (Wildman–Crippen MR) is 255 cm³/mol. The smallest absolute Gasteiger partial charge is 0.137 e. The van der Waals surface area contributed by atoms with Crippen LogP contribution in [0.3, 0.4) is 0 Å². The summed E-state index contributed by atoms with van der Waals surface area (Å²) in [6.45, 7) is 0. The molecule has 0 aliphatic carbocycles. The van der Waals surface area contributed by atoms with E-state index in [-0.39, 0.29) is 0 Å². The van der Waals surface area contributed by atoms with E-state index in [4.69, 9.17) is 4.42 Å². The van der Waals surface area contributed by atoms with E-state index in [0.29, 0.717) is 0 Å². The first-order valence-electron chi connectivity index (χ1n) is 20.6. The van der Waals surface area contributed by atoms with Crippen LogP contribution < -0.4 is 4.90 Å². The zero-order valence-electron chi connectivity index (χ0n) is 32.7. The molecule has 0 unspecified atom stereocenters. The summed E-state index contributed by atoms with van der Waals surface area (Å²) < 4.78 is 6.42. The van der Waals surface area contributed by atoms with Crippen LogP contribution in [0.4, 0.5) is 17.1 Å². The molecule has 12 aromatic rings. The van der Waals surface area contributed by atoms with Crippen molar-refractivity contribution in [1.82, 2.24) is 0 Å². The Hall–Kier alpha value is -7.94. The molecular weight excluding hydrogens is 727 g/mol. The van der Waals surface area contributed by atoms with Crippen molar-refractivity contribution in [2.45, 2.75) is 0 Å². The molecule has 2 heteroatoms. The third kappa shape index (κ3) is 5.73. The van der Waals surface area contributed by atoms with Crippen LogP contribution in [0.25, 0.3) is 98.4 Å². The summed E-state index contributed by atoms with van der Waals surface area (Å²) in [6, 6.07) is 81.3. The lowest BCUT2D eigenvalue weighted by Gasteiger charge is -2.27. The van der Waals surface area contributed by atoms with Gasteiger partial charge in [0.05, 0.1) is 11.1 Å². The highest BCUT2D eigenvalue weighted by atomic mass is 16.3. The largest absolute Gasteiger partial charge is 0.456 e. The van der Waals surface area contributed by atoms with E-state index in [1.54, 1.807) is 0 Å². The maximum atomic E-state index is 6.42. The molecule has 0 N–H and O–H groups in total. The van der Waals surface area contributed by atoms with E-state index in [2.05, 4.69) is 223 Å². The molecule has 0 aliphatic heterocycles. The maximum absolute atomic E-state index is 6.42. The first-order chi connectivity index (χ1) is 29.7. The van der Waals surface area contributed by atoms with Gasteiger partial charge in [-0.3, -0.25) is 0 Å². The molecule has 12 rings (SSSR count). The van der Waals surface area contributed by atoms with Crippen LogP contribution in [0.5, 0.6) is 0 Å². The molecule has 0 fully saturated rings. The van der Waals surface area contributed by atoms with Gasteiger partial charge in [0, 0.05) is 16.8 Å². The zero-order valence-corrected chi connectivity index (χ0v) is 32.7. The van der Waals surface area contributed by atoms with Gasteiger partial charge in [-0.2, -0.15) is 0 Å². The fraction of sp³-hybridized carbons (Fsp3) is 0. The molecule has 1 aromatic heterocycles. The van der Waals surface area contributed by atoms with Crippen LogP contribution in [0.2, 0.25) is 0 Å². The molecule has 0 bridgehead atoms. The van der Waals surface area contributed by atoms with E-state index in [1.165, 1.54) is 70.9 Å². The molecular formula is C58H37NO. The summed E-state index contributed by atoms with van der Waals surface area (Å²) in [5, 5.41) is 12.3. The molecule has 0 spiro atoms. The van der Waals surface area contributed by atoms with Crippen molar-refractivity contribution < 1.29 is 4.42 Å². The Morgan fingerprint density at radius 2 is 0.717 bits per heavy atom. The van der Waals surface area contributed by atoms with Gasteiger partial charge < -0.3 is 9.32 Å². The monoisotopic (exact) mass is 763 g/mol. The number of para-hydroxylation sites is 1. The lowest BCUT2D eigenvalue weighted by Crippen LogP contribution is -2.10. The third-order valence-electron chi connectivity index (χ3n) is 12.2. The van der Waals surface area contributed by atoms with Crippen LogP contribution in [-0.4, -0.2) is 0 Å². The lowest BCUT2D eigenvalue weighted by atomic mass is 9.96. The van der Waals surface area contributed by atoms with Gasteiger partial charge in [-0.1, -0.05) is 170 Å². The van der Waals surface area contributed by atoms with E-state index in [1.807, 2.05) is 6.07 Å². The van der Waals surface area contributed by atoms with E-state index < -0.39 is 0 Å². The van der Waals surface area contributed by atoms with Crippen LogP contribution in [0.1, 0.15) is 0 Å². The molecule has 0 aliphatic rings. The van der Waals surface area contributed by atoms with Crippen molar-refractivity contribution >= 4 is 82.1 Å². The molecule has 0 amide bonds. The summed E-state index contributed by atoms with van der Waals surface area (Å²) in [4.78, 5) is 2.38. The molecule has 0 saturated heterocycles. The highest BCUT2D eigenvalue weighted by Crippen LogP contribution is 2.44. The lowest BCUT2D eigenvalue weighted by molar-refractivity contribution is 0.669. The minimum Gasteiger partial charge on any atom is -0.456 e. The number of hydrogen-bond donors (Lipinski definition) is 0. The quantitative estimate of drug-likeness (QED) is 0.157. The van der Waals surface area contributed by atoms with Gasteiger partial charge in [-0.15, -0.1) is 0 Å². The summed E-state index contributed by atoms with van der Waals surface area (Å²) in [6.07, 6.45) is 0. The molecule has 1 heterocycles. The second kappa shape index (κ2) is 13.9. The Morgan fingerprint density at radius 1 is 0.267 bits per heavy atom. The van der Waals surface area contributed by atoms with Crippen LogP contribution in [0, 0.1) is 0 Å². The summed E-state index contributed by atoms with van der Waals surface area (Å²) >= 11 is 0. The Morgan fingerprint density at radius 3 is 1.37 bits per heavy atom. The van der Waals surface area contributed by atoms with Gasteiger partial charge in [-0.25, -0.2) is 0 Å². The number of nitrogens with zero attached hydrogens (tertiary/aromatic N) is 1. The van der Waals surface area contributed by atoms with Gasteiger partial charge in [0.25, 0.3) is 0 Å². The standard InChI is InChI=1S/C58H37NO/c1-3-13-50-41(9-1)23-25-43-27-29-46(36-53(43)50)40-21-19-38(20-22-40)39-31-33-48(34-32-39)59(55-16-8-18-57-58(55)52-15-5-6-17-56(52)60-57)49-12-7-11-45(35-49)47-30-28-44-26-24-42-10-2-4-14-51(42)54(44)37-47/h1-37H. The van der Waals surface area contributed by atoms with Gasteiger partial charge in [0.2, 0.25) is 0 Å². The Balaban J connectivity index is 0.942. The number of fused-ring (bicyclic) bond motifs is 9. The Labute approximate surface area is 347 Å². The van der Waals surface area contributed by atoms with Gasteiger partial charge in [-0.05, 0) is 131 Å². The number of furan rings is 1. The highest BCUT2D eigenvalue weighted by molar-refractivity contribution is 6.14. The first kappa shape index (κ1) is 34.1. The highest BCUT2D eigenvalue weighted by Gasteiger charge is 2.20. The number of benzene rings is 11. The van der Waals surface area contributed by atoms with E-state index in [9.17, 15) is 0 Å². The minimum absolute atomic E-state index is 0.868. The van der Waals surface area contributed by atoms with Crippen molar-refractivity contribution in [2.75, 3.05) is 4.90 Å². The van der Waals surface area contributed by atoms with Gasteiger partial charge in [0.1, 0.15) is 11.2 Å². The van der Waals surface area contributed by atoms with E-state index in [0.717, 1.165) is 44.6 Å². The Kier molecular flexibility index (Phi) is 7.89. The zero-order chi connectivity index (χ0) is 39.6. The topological polar surface area (TPSA) is 16.4 Å². The number of anilines is 3. The third-order valence-corrected chi connectivity index (χ3v) is 12.2. The Bertz CT molecular complexity index is 3600. The minimum atomic E-state index is 0.868. The fourth-order valence-corrected chi connectivity index (χ4v) is 9.22. The molecule has 60 heavy (non-hydrogen) atoms. The van der Waals surface area contributed by atoms with Crippen LogP contribution >= 0.6 is 0 Å². The molecule has 0 saturated carbocycles. The predicted octanol–water partition coefficient (Wildman–Crippen LogP) is 16.7. The number of rotatable bonds is 6. The average molecular weight is 764 g/mol. The average Bonchev–Trinajstić information content (AvgIpc) is 3.71. The van der Waals surface area contributed by atoms with Crippen LogP contribution in [0.15, 0.2) is 229 Å². The summed E-state index contributed by atoms with van der Waals surface area (Å²) in [5.74, 6) is 0. The SMILES string of the molecule is c1cc(-c2ccc3ccc4ccccc4c3c2)cc(N(c2ccc(-c3ccc(-c4ccc5ccc6ccccc6c5c4)cc3)cc2)c2cccc3oc4ccccc4c23)c1. The second-order valence-corrected chi connectivity index (χ2v) is 15.7. The van der Waals surface area contributed by atoms with Crippen molar-refractivity contribution in [3.8, 4) is 33.4 Å². The summed E-state index contributed by atoms with van der Waals surface area (Å²) in [5.41, 5.74) is 12.1. The van der Waals surface area contributed by atoms with Gasteiger partial charge in [0.15, 0.2) is 0 Å². The van der Waals surface area contributed by atoms with E-state index >= 15 is 0 Å². The molecule has 2 nitrogen and oxygen atoms in total. The molecule has 11 aromatic carbocycles. The fourth-order valence-electron chi connectivity index (χ4n) is 9.22. The molecule has 0 atom stereocenters. The summed E-state index contributed by atoms with van der Waals surface area (Å²) in [7, 11) is 0. The van der Waals surface area contributed by atoms with Gasteiger partial charge >= 0.3 is 0 Å². The molecule has 0 radical (unpaired) electrons. The second-order valence-electron chi connectivity index (χ2n) is 15.7. The normalized spacial score (nSPS) is 11.7. The van der Waals surface area contributed by atoms with Crippen molar-refractivity contribution in [3.05, 3.63) is 224 Å². The van der Waals surface area contributed by atoms with Crippen molar-refractivity contribution in [3.63, 3.8) is 0 Å². The molecule has 280 valence electrons. The van der Waals surface area contributed by atoms with Crippen molar-refractivity contribution in [1.29, 1.82) is 0 Å². The number of hydrogen-bond acceptors (Lipinski definition) is 2. The first-order valence-corrected chi connectivity index (χ1v) is 20.6. The van der Waals surface area contributed by atoms with Crippen LogP contribution in [-0.2, 0) is 0 Å².